The molecule has 1 aromatic heterocycles. The minimum atomic E-state index is -0.214. The van der Waals surface area contributed by atoms with Gasteiger partial charge in [-0.15, -0.1) is 0 Å². The summed E-state index contributed by atoms with van der Waals surface area (Å²) in [6.45, 7) is 1.13. The molecule has 9 heteroatoms. The van der Waals surface area contributed by atoms with E-state index in [-0.39, 0.29) is 5.91 Å². The molecule has 0 radical (unpaired) electrons. The van der Waals surface area contributed by atoms with E-state index in [1.807, 2.05) is 25.1 Å². The average molecular weight is 454 g/mol. The number of benzene rings is 2. The molecular weight excluding hydrogens is 433 g/mol. The van der Waals surface area contributed by atoms with Gasteiger partial charge in [-0.3, -0.25) is 9.69 Å². The van der Waals surface area contributed by atoms with Crippen LogP contribution in [-0.4, -0.2) is 57.2 Å². The summed E-state index contributed by atoms with van der Waals surface area (Å²) in [5.41, 5.74) is 1.14. The fourth-order valence-electron chi connectivity index (χ4n) is 2.78. The zero-order valence-electron chi connectivity index (χ0n) is 16.5. The number of carbonyl (C=O) groups excluding carboxylic acids is 1. The Morgan fingerprint density at radius 1 is 1.00 bits per heavy atom. The molecule has 0 bridgehead atoms. The lowest BCUT2D eigenvalue weighted by Gasteiger charge is -2.22. The van der Waals surface area contributed by atoms with Crippen molar-refractivity contribution in [3.8, 4) is 11.5 Å². The number of carbonyl (C=O) groups is 1. The smallest absolute Gasteiger partial charge is 0.260 e. The van der Waals surface area contributed by atoms with Crippen LogP contribution in [0.2, 0.25) is 10.0 Å². The van der Waals surface area contributed by atoms with Gasteiger partial charge in [0.05, 0.1) is 24.4 Å². The van der Waals surface area contributed by atoms with Crippen LogP contribution in [0.5, 0.6) is 11.5 Å². The first kappa shape index (κ1) is 21.6. The number of anilines is 1. The van der Waals surface area contributed by atoms with Crippen molar-refractivity contribution < 1.29 is 14.3 Å². The summed E-state index contributed by atoms with van der Waals surface area (Å²) in [6.07, 6.45) is 0. The van der Waals surface area contributed by atoms with Crippen LogP contribution >= 0.6 is 34.5 Å². The number of thiazole rings is 1. The van der Waals surface area contributed by atoms with Gasteiger partial charge >= 0.3 is 0 Å². The van der Waals surface area contributed by atoms with Crippen LogP contribution in [0.4, 0.5) is 5.13 Å². The summed E-state index contributed by atoms with van der Waals surface area (Å²) in [7, 11) is 7.06. The Kier molecular flexibility index (Phi) is 6.85. The van der Waals surface area contributed by atoms with Gasteiger partial charge < -0.3 is 14.4 Å². The van der Waals surface area contributed by atoms with Gasteiger partial charge in [0, 0.05) is 40.8 Å². The fourth-order valence-corrected chi connectivity index (χ4v) is 4.30. The number of aromatic nitrogens is 1. The van der Waals surface area contributed by atoms with E-state index in [9.17, 15) is 4.79 Å². The summed E-state index contributed by atoms with van der Waals surface area (Å²) in [5.74, 6) is 0.988. The van der Waals surface area contributed by atoms with Gasteiger partial charge in [0.15, 0.2) is 16.6 Å². The van der Waals surface area contributed by atoms with Crippen LogP contribution < -0.4 is 14.4 Å². The zero-order valence-corrected chi connectivity index (χ0v) is 18.9. The maximum Gasteiger partial charge on any atom is 0.260 e. The summed E-state index contributed by atoms with van der Waals surface area (Å²) in [6, 6.07) is 8.48. The first-order chi connectivity index (χ1) is 13.8. The van der Waals surface area contributed by atoms with Gasteiger partial charge in [0.2, 0.25) is 0 Å². The molecule has 1 heterocycles. The second kappa shape index (κ2) is 9.17. The summed E-state index contributed by atoms with van der Waals surface area (Å²) in [4.78, 5) is 21.6. The summed E-state index contributed by atoms with van der Waals surface area (Å²) < 4.78 is 11.6. The van der Waals surface area contributed by atoms with Crippen molar-refractivity contribution in [2.45, 2.75) is 0 Å². The van der Waals surface area contributed by atoms with Crippen molar-refractivity contribution >= 4 is 55.8 Å². The molecule has 29 heavy (non-hydrogen) atoms. The van der Waals surface area contributed by atoms with E-state index < -0.39 is 0 Å². The molecular formula is C20H21Cl2N3O3S. The van der Waals surface area contributed by atoms with Crippen molar-refractivity contribution in [2.24, 2.45) is 0 Å². The molecule has 0 aliphatic heterocycles. The molecule has 0 spiro atoms. The van der Waals surface area contributed by atoms with Crippen LogP contribution in [0, 0.1) is 0 Å². The second-order valence-corrected chi connectivity index (χ2v) is 8.47. The maximum absolute atomic E-state index is 13.3. The van der Waals surface area contributed by atoms with Crippen molar-refractivity contribution in [1.82, 2.24) is 9.88 Å². The third-order valence-corrected chi connectivity index (χ3v) is 5.72. The molecule has 3 aromatic rings. The zero-order chi connectivity index (χ0) is 21.1. The quantitative estimate of drug-likeness (QED) is 0.512. The first-order valence-electron chi connectivity index (χ1n) is 8.77. The van der Waals surface area contributed by atoms with E-state index in [4.69, 9.17) is 32.7 Å². The molecule has 0 unspecified atom stereocenters. The molecule has 0 fully saturated rings. The topological polar surface area (TPSA) is 54.9 Å². The van der Waals surface area contributed by atoms with Crippen molar-refractivity contribution in [1.29, 1.82) is 0 Å². The van der Waals surface area contributed by atoms with E-state index in [0.29, 0.717) is 45.3 Å². The largest absolute Gasteiger partial charge is 0.493 e. The van der Waals surface area contributed by atoms with E-state index >= 15 is 0 Å². The van der Waals surface area contributed by atoms with Gasteiger partial charge in [-0.25, -0.2) is 4.98 Å². The van der Waals surface area contributed by atoms with Gasteiger partial charge in [-0.1, -0.05) is 34.5 Å². The Balaban J connectivity index is 2.05. The third-order valence-electron chi connectivity index (χ3n) is 4.24. The van der Waals surface area contributed by atoms with E-state index in [1.165, 1.54) is 11.3 Å². The Morgan fingerprint density at radius 3 is 2.21 bits per heavy atom. The number of amides is 1. The van der Waals surface area contributed by atoms with Crippen molar-refractivity contribution in [2.75, 3.05) is 46.3 Å². The molecule has 6 nitrogen and oxygen atoms in total. The first-order valence-corrected chi connectivity index (χ1v) is 10.3. The highest BCUT2D eigenvalue weighted by atomic mass is 35.5. The number of rotatable bonds is 7. The molecule has 0 aliphatic rings. The Bertz CT molecular complexity index is 978. The molecule has 154 valence electrons. The van der Waals surface area contributed by atoms with Crippen molar-refractivity contribution in [3.63, 3.8) is 0 Å². The van der Waals surface area contributed by atoms with Gasteiger partial charge in [0.25, 0.3) is 5.91 Å². The predicted molar refractivity (Wildman–Crippen MR) is 119 cm³/mol. The Labute approximate surface area is 183 Å². The lowest BCUT2D eigenvalue weighted by atomic mass is 10.2. The number of nitrogens with zero attached hydrogens (tertiary/aromatic N) is 3. The SMILES string of the molecule is COc1cc2nc(N(CCN(C)C)C(=O)c3cc(Cl)cc(Cl)c3)sc2cc1OC. The van der Waals surface area contributed by atoms with Crippen LogP contribution in [0.15, 0.2) is 30.3 Å². The number of fused-ring (bicyclic) bond motifs is 1. The number of ether oxygens (including phenoxy) is 2. The van der Waals surface area contributed by atoms with Crippen LogP contribution in [0.3, 0.4) is 0 Å². The van der Waals surface area contributed by atoms with Gasteiger partial charge in [-0.2, -0.15) is 0 Å². The second-order valence-electron chi connectivity index (χ2n) is 6.59. The number of likely N-dealkylation sites (N-methyl/N-ethyl adjacent to an activating group) is 1. The lowest BCUT2D eigenvalue weighted by molar-refractivity contribution is 0.0985. The minimum absolute atomic E-state index is 0.214. The summed E-state index contributed by atoms with van der Waals surface area (Å²) in [5, 5.41) is 1.40. The predicted octanol–water partition coefficient (Wildman–Crippen LogP) is 4.83. The Hall–Kier alpha value is -2.06. The monoisotopic (exact) mass is 453 g/mol. The molecule has 0 saturated heterocycles. The van der Waals surface area contributed by atoms with E-state index in [0.717, 1.165) is 10.2 Å². The van der Waals surface area contributed by atoms with Gasteiger partial charge in [0.1, 0.15) is 0 Å². The molecule has 3 rings (SSSR count). The molecule has 0 saturated carbocycles. The van der Waals surface area contributed by atoms with Crippen LogP contribution in [-0.2, 0) is 0 Å². The molecule has 0 N–H and O–H groups in total. The van der Waals surface area contributed by atoms with E-state index in [1.54, 1.807) is 43.4 Å². The Morgan fingerprint density at radius 2 is 1.62 bits per heavy atom. The number of halogens is 2. The average Bonchev–Trinajstić information content (AvgIpc) is 3.08. The molecule has 1 amide bonds. The van der Waals surface area contributed by atoms with Gasteiger partial charge in [-0.05, 0) is 32.3 Å². The molecule has 0 atom stereocenters. The number of hydrogen-bond acceptors (Lipinski definition) is 6. The van der Waals surface area contributed by atoms with Crippen LogP contribution in [0.1, 0.15) is 10.4 Å². The number of methoxy groups -OCH3 is 2. The molecule has 0 aliphatic carbocycles. The lowest BCUT2D eigenvalue weighted by Crippen LogP contribution is -2.36. The highest BCUT2D eigenvalue weighted by Gasteiger charge is 2.23. The maximum atomic E-state index is 13.3. The normalized spacial score (nSPS) is 11.1. The third kappa shape index (κ3) is 4.93. The van der Waals surface area contributed by atoms with Crippen LogP contribution in [0.25, 0.3) is 10.2 Å². The fraction of sp³-hybridized carbons (Fsp3) is 0.300. The molecule has 2 aromatic carbocycles. The van der Waals surface area contributed by atoms with Crippen molar-refractivity contribution in [3.05, 3.63) is 45.9 Å². The highest BCUT2D eigenvalue weighted by Crippen LogP contribution is 2.37. The standard InChI is InChI=1S/C20H21Cl2N3O3S/c1-24(2)5-6-25(19(26)12-7-13(21)9-14(22)8-12)20-23-15-10-16(27-3)17(28-4)11-18(15)29-20/h7-11H,5-6H2,1-4H3. The summed E-state index contributed by atoms with van der Waals surface area (Å²) >= 11 is 13.6. The minimum Gasteiger partial charge on any atom is -0.493 e. The highest BCUT2D eigenvalue weighted by molar-refractivity contribution is 7.22. The van der Waals surface area contributed by atoms with E-state index in [2.05, 4.69) is 4.98 Å². The number of hydrogen-bond donors (Lipinski definition) is 0.